The highest BCUT2D eigenvalue weighted by Gasteiger charge is 2.19. The van der Waals surface area contributed by atoms with Crippen LogP contribution in [0.3, 0.4) is 0 Å². The number of carbonyl (C=O) groups excluding carboxylic acids is 3. The Morgan fingerprint density at radius 2 is 0.702 bits per heavy atom. The molecule has 0 fully saturated rings. The molecule has 6 heteroatoms. The Morgan fingerprint density at radius 3 is 1.14 bits per heavy atom. The van der Waals surface area contributed by atoms with Gasteiger partial charge in [-0.15, -0.1) is 0 Å². The summed E-state index contributed by atoms with van der Waals surface area (Å²) in [7, 11) is 0. The summed E-state index contributed by atoms with van der Waals surface area (Å²) in [6.45, 7) is 6.36. The number of hydrogen-bond donors (Lipinski definition) is 0. The molecule has 0 saturated heterocycles. The summed E-state index contributed by atoms with van der Waals surface area (Å²) in [4.78, 5) is 37.8. The van der Waals surface area contributed by atoms with Gasteiger partial charge in [-0.1, -0.05) is 209 Å². The molecule has 0 aromatic heterocycles. The number of hydrogen-bond acceptors (Lipinski definition) is 6. The molecule has 0 saturated carbocycles. The van der Waals surface area contributed by atoms with E-state index in [2.05, 4.69) is 57.2 Å². The molecule has 0 N–H and O–H groups in total. The summed E-state index contributed by atoms with van der Waals surface area (Å²) in [6.07, 6.45) is 57.0. The Balaban J connectivity index is 4.50. The molecule has 0 aromatic carbocycles. The minimum absolute atomic E-state index is 0.104. The molecular formula is C51H84O6. The maximum absolute atomic E-state index is 12.7. The SMILES string of the molecule is CC\C=C/C=C\C=C/C=C\C=C/CCCCCC(=O)OCC(COC(=O)CCCCC/C=C\C=C/CCCC)OC(=O)CCCCCCCCCCCCCCC. The largest absolute Gasteiger partial charge is 0.462 e. The van der Waals surface area contributed by atoms with E-state index in [1.54, 1.807) is 0 Å². The smallest absolute Gasteiger partial charge is 0.306 e. The topological polar surface area (TPSA) is 78.9 Å². The summed E-state index contributed by atoms with van der Waals surface area (Å²) >= 11 is 0. The van der Waals surface area contributed by atoms with Crippen molar-refractivity contribution in [1.29, 1.82) is 0 Å². The summed E-state index contributed by atoms with van der Waals surface area (Å²) in [5.41, 5.74) is 0. The molecular weight excluding hydrogens is 709 g/mol. The van der Waals surface area contributed by atoms with Gasteiger partial charge in [-0.3, -0.25) is 14.4 Å². The van der Waals surface area contributed by atoms with Gasteiger partial charge in [0.15, 0.2) is 6.10 Å². The van der Waals surface area contributed by atoms with Gasteiger partial charge >= 0.3 is 17.9 Å². The zero-order valence-electron chi connectivity index (χ0n) is 36.8. The Labute approximate surface area is 350 Å². The van der Waals surface area contributed by atoms with Crippen LogP contribution >= 0.6 is 0 Å². The van der Waals surface area contributed by atoms with Crippen LogP contribution in [-0.4, -0.2) is 37.2 Å². The van der Waals surface area contributed by atoms with E-state index in [-0.39, 0.29) is 31.1 Å². The van der Waals surface area contributed by atoms with E-state index in [9.17, 15) is 14.4 Å². The fraction of sp³-hybridized carbons (Fsp3) is 0.667. The quantitative estimate of drug-likeness (QED) is 0.0266. The van der Waals surface area contributed by atoms with E-state index in [1.807, 2.05) is 48.6 Å². The second-order valence-corrected chi connectivity index (χ2v) is 15.1. The van der Waals surface area contributed by atoms with Gasteiger partial charge in [-0.2, -0.15) is 0 Å². The zero-order chi connectivity index (χ0) is 41.5. The van der Waals surface area contributed by atoms with Gasteiger partial charge < -0.3 is 14.2 Å². The minimum atomic E-state index is -0.801. The molecule has 0 aliphatic heterocycles. The molecule has 0 aliphatic carbocycles. The molecule has 0 bridgehead atoms. The predicted molar refractivity (Wildman–Crippen MR) is 242 cm³/mol. The number of allylic oxidation sites excluding steroid dienone is 14. The van der Waals surface area contributed by atoms with E-state index in [4.69, 9.17) is 14.2 Å². The lowest BCUT2D eigenvalue weighted by atomic mass is 10.0. The van der Waals surface area contributed by atoms with Crippen molar-refractivity contribution in [1.82, 2.24) is 0 Å². The van der Waals surface area contributed by atoms with E-state index in [0.717, 1.165) is 83.5 Å². The van der Waals surface area contributed by atoms with Gasteiger partial charge in [-0.25, -0.2) is 0 Å². The Bertz CT molecular complexity index is 1140. The van der Waals surface area contributed by atoms with Gasteiger partial charge in [-0.05, 0) is 57.8 Å². The first-order valence-electron chi connectivity index (χ1n) is 23.2. The molecule has 0 rings (SSSR count). The van der Waals surface area contributed by atoms with E-state index < -0.39 is 6.10 Å². The number of unbranched alkanes of at least 4 members (excludes halogenated alkanes) is 20. The minimum Gasteiger partial charge on any atom is -0.462 e. The molecule has 0 aliphatic rings. The number of esters is 3. The van der Waals surface area contributed by atoms with Crippen molar-refractivity contribution in [2.24, 2.45) is 0 Å². The standard InChI is InChI=1S/C51H84O6/c1-4-7-10-13-16-19-22-24-25-27-29-32-35-38-41-44-50(53)56-47-48(46-55-49(52)43-40-37-34-31-28-21-18-15-12-9-6-3)57-51(54)45-42-39-36-33-30-26-23-20-17-14-11-8-5-2/h7,10,13,15-16,18-19,21-22,24-25,27-29,48H,4-6,8-9,11-12,14,17,20,23,26,30-47H2,1-3H3/b10-7-,16-13-,18-15-,22-19-,25-24-,28-21-,29-27-. The highest BCUT2D eigenvalue weighted by molar-refractivity contribution is 5.71. The van der Waals surface area contributed by atoms with Crippen LogP contribution in [0.5, 0.6) is 0 Å². The third kappa shape index (κ3) is 43.6. The van der Waals surface area contributed by atoms with Crippen molar-refractivity contribution >= 4 is 17.9 Å². The van der Waals surface area contributed by atoms with Gasteiger partial charge in [0.1, 0.15) is 13.2 Å². The fourth-order valence-electron chi connectivity index (χ4n) is 6.03. The molecule has 324 valence electrons. The Kier molecular flexibility index (Phi) is 42.6. The maximum Gasteiger partial charge on any atom is 0.306 e. The second-order valence-electron chi connectivity index (χ2n) is 15.1. The van der Waals surface area contributed by atoms with Crippen LogP contribution in [0, 0.1) is 0 Å². The molecule has 0 aromatic rings. The summed E-state index contributed by atoms with van der Waals surface area (Å²) in [5.74, 6) is -0.977. The fourth-order valence-corrected chi connectivity index (χ4v) is 6.03. The van der Waals surface area contributed by atoms with Crippen molar-refractivity contribution < 1.29 is 28.6 Å². The summed E-state index contributed by atoms with van der Waals surface area (Å²) in [6, 6.07) is 0. The van der Waals surface area contributed by atoms with Crippen LogP contribution in [0.2, 0.25) is 0 Å². The zero-order valence-corrected chi connectivity index (χ0v) is 36.8. The molecule has 0 radical (unpaired) electrons. The highest BCUT2D eigenvalue weighted by Crippen LogP contribution is 2.14. The molecule has 57 heavy (non-hydrogen) atoms. The normalized spacial score (nSPS) is 12.8. The third-order valence-electron chi connectivity index (χ3n) is 9.54. The monoisotopic (exact) mass is 793 g/mol. The number of ether oxygens (including phenoxy) is 3. The average Bonchev–Trinajstić information content (AvgIpc) is 3.21. The predicted octanol–water partition coefficient (Wildman–Crippen LogP) is 14.9. The van der Waals surface area contributed by atoms with Crippen molar-refractivity contribution in [3.8, 4) is 0 Å². The summed E-state index contributed by atoms with van der Waals surface area (Å²) in [5, 5.41) is 0. The molecule has 0 spiro atoms. The van der Waals surface area contributed by atoms with Crippen molar-refractivity contribution in [2.45, 2.75) is 207 Å². The molecule has 0 amide bonds. The van der Waals surface area contributed by atoms with Crippen LogP contribution in [0.25, 0.3) is 0 Å². The second kappa shape index (κ2) is 45.3. The lowest BCUT2D eigenvalue weighted by Crippen LogP contribution is -2.30. The Hall–Kier alpha value is -3.41. The van der Waals surface area contributed by atoms with Gasteiger partial charge in [0.25, 0.3) is 0 Å². The lowest BCUT2D eigenvalue weighted by Gasteiger charge is -2.18. The van der Waals surface area contributed by atoms with Crippen LogP contribution in [0.4, 0.5) is 0 Å². The van der Waals surface area contributed by atoms with E-state index >= 15 is 0 Å². The lowest BCUT2D eigenvalue weighted by molar-refractivity contribution is -0.167. The number of carbonyl (C=O) groups is 3. The summed E-state index contributed by atoms with van der Waals surface area (Å²) < 4.78 is 16.7. The van der Waals surface area contributed by atoms with Gasteiger partial charge in [0.05, 0.1) is 0 Å². The van der Waals surface area contributed by atoms with Crippen molar-refractivity contribution in [3.63, 3.8) is 0 Å². The molecule has 1 atom stereocenters. The average molecular weight is 793 g/mol. The molecule has 1 unspecified atom stereocenters. The maximum atomic E-state index is 12.7. The molecule has 6 nitrogen and oxygen atoms in total. The first kappa shape index (κ1) is 53.6. The molecule has 0 heterocycles. The van der Waals surface area contributed by atoms with Crippen molar-refractivity contribution in [3.05, 3.63) is 85.1 Å². The van der Waals surface area contributed by atoms with E-state index in [0.29, 0.717) is 19.3 Å². The van der Waals surface area contributed by atoms with Crippen LogP contribution in [0.1, 0.15) is 201 Å². The van der Waals surface area contributed by atoms with Gasteiger partial charge in [0, 0.05) is 19.3 Å². The van der Waals surface area contributed by atoms with Gasteiger partial charge in [0.2, 0.25) is 0 Å². The van der Waals surface area contributed by atoms with Crippen LogP contribution in [0.15, 0.2) is 85.1 Å². The van der Waals surface area contributed by atoms with Crippen LogP contribution in [-0.2, 0) is 28.6 Å². The Morgan fingerprint density at radius 1 is 0.368 bits per heavy atom. The highest BCUT2D eigenvalue weighted by atomic mass is 16.6. The number of rotatable bonds is 40. The van der Waals surface area contributed by atoms with Crippen LogP contribution < -0.4 is 0 Å². The first-order chi connectivity index (χ1) is 28.0. The van der Waals surface area contributed by atoms with Crippen molar-refractivity contribution in [2.75, 3.05) is 13.2 Å². The van der Waals surface area contributed by atoms with E-state index in [1.165, 1.54) is 77.0 Å². The first-order valence-corrected chi connectivity index (χ1v) is 23.2. The third-order valence-corrected chi connectivity index (χ3v) is 9.54.